The first-order valence-electron chi connectivity index (χ1n) is 7.31. The summed E-state index contributed by atoms with van der Waals surface area (Å²) in [6.45, 7) is 3.74. The van der Waals surface area contributed by atoms with Crippen molar-refractivity contribution in [2.24, 2.45) is 4.99 Å². The molecule has 0 atom stereocenters. The van der Waals surface area contributed by atoms with E-state index in [0.29, 0.717) is 6.54 Å². The van der Waals surface area contributed by atoms with Crippen LogP contribution in [-0.4, -0.2) is 19.5 Å². The van der Waals surface area contributed by atoms with Crippen LogP contribution in [0.2, 0.25) is 0 Å². The molecule has 3 aromatic rings. The number of hydrogen-bond acceptors (Lipinski definition) is 3. The quantitative estimate of drug-likeness (QED) is 0.781. The molecule has 108 valence electrons. The summed E-state index contributed by atoms with van der Waals surface area (Å²) < 4.78 is 2.08. The minimum atomic E-state index is 0.626. The van der Waals surface area contributed by atoms with Crippen LogP contribution in [0.15, 0.2) is 48.0 Å². The number of H-pyrrole nitrogens is 1. The Labute approximate surface area is 123 Å². The molecular formula is C16H19N5. The summed E-state index contributed by atoms with van der Waals surface area (Å²) in [7, 11) is 0. The van der Waals surface area contributed by atoms with Gasteiger partial charge in [-0.15, -0.1) is 0 Å². The molecule has 0 aliphatic rings. The minimum absolute atomic E-state index is 0.626. The molecule has 0 amide bonds. The Morgan fingerprint density at radius 3 is 2.86 bits per heavy atom. The van der Waals surface area contributed by atoms with Crippen molar-refractivity contribution in [3.8, 4) is 0 Å². The zero-order valence-electron chi connectivity index (χ0n) is 12.2. The van der Waals surface area contributed by atoms with Gasteiger partial charge >= 0.3 is 0 Å². The third kappa shape index (κ3) is 3.02. The van der Waals surface area contributed by atoms with Gasteiger partial charge in [-0.3, -0.25) is 4.99 Å². The summed E-state index contributed by atoms with van der Waals surface area (Å²) >= 11 is 0. The molecule has 1 aromatic carbocycles. The van der Waals surface area contributed by atoms with Crippen LogP contribution in [0.1, 0.15) is 25.3 Å². The van der Waals surface area contributed by atoms with Crippen LogP contribution in [0.4, 0.5) is 0 Å². The number of imidazole rings is 1. The molecule has 0 unspecified atom stereocenters. The van der Waals surface area contributed by atoms with Gasteiger partial charge in [0.15, 0.2) is 11.1 Å². The average molecular weight is 281 g/mol. The van der Waals surface area contributed by atoms with Gasteiger partial charge in [0.1, 0.15) is 5.52 Å². The van der Waals surface area contributed by atoms with Gasteiger partial charge < -0.3 is 9.55 Å². The van der Waals surface area contributed by atoms with Gasteiger partial charge in [-0.1, -0.05) is 43.7 Å². The van der Waals surface area contributed by atoms with Gasteiger partial charge in [-0.2, -0.15) is 0 Å². The molecule has 21 heavy (non-hydrogen) atoms. The van der Waals surface area contributed by atoms with Gasteiger partial charge in [0, 0.05) is 6.54 Å². The van der Waals surface area contributed by atoms with E-state index in [-0.39, 0.29) is 0 Å². The van der Waals surface area contributed by atoms with E-state index in [1.807, 2.05) is 24.5 Å². The number of fused-ring (bicyclic) bond motifs is 1. The summed E-state index contributed by atoms with van der Waals surface area (Å²) in [5, 5.41) is 0. The normalized spacial score (nSPS) is 12.1. The van der Waals surface area contributed by atoms with Crippen LogP contribution >= 0.6 is 0 Å². The minimum Gasteiger partial charge on any atom is -0.340 e. The van der Waals surface area contributed by atoms with E-state index in [4.69, 9.17) is 0 Å². The van der Waals surface area contributed by atoms with Crippen molar-refractivity contribution >= 4 is 11.2 Å². The zero-order valence-corrected chi connectivity index (χ0v) is 12.2. The van der Waals surface area contributed by atoms with Crippen LogP contribution in [0.25, 0.3) is 11.2 Å². The maximum absolute atomic E-state index is 4.60. The molecule has 2 aromatic heterocycles. The SMILES string of the molecule is CCCCn1cnc(=NCc2ccccc2)c2[nH]cnc21. The highest BCUT2D eigenvalue weighted by molar-refractivity contribution is 5.68. The second-order valence-corrected chi connectivity index (χ2v) is 5.02. The van der Waals surface area contributed by atoms with E-state index in [9.17, 15) is 0 Å². The van der Waals surface area contributed by atoms with Crippen molar-refractivity contribution in [1.82, 2.24) is 19.5 Å². The third-order valence-corrected chi connectivity index (χ3v) is 3.44. The highest BCUT2D eigenvalue weighted by atomic mass is 15.1. The lowest BCUT2D eigenvalue weighted by Crippen LogP contribution is -2.14. The van der Waals surface area contributed by atoms with Crippen molar-refractivity contribution in [3.05, 3.63) is 54.0 Å². The van der Waals surface area contributed by atoms with Crippen LogP contribution in [0, 0.1) is 0 Å². The summed E-state index contributed by atoms with van der Waals surface area (Å²) in [5.74, 6) is 0. The topological polar surface area (TPSA) is 58.9 Å². The Balaban J connectivity index is 1.94. The number of aryl methyl sites for hydroxylation is 1. The summed E-state index contributed by atoms with van der Waals surface area (Å²) in [4.78, 5) is 16.6. The zero-order chi connectivity index (χ0) is 14.5. The Morgan fingerprint density at radius 1 is 1.19 bits per heavy atom. The van der Waals surface area contributed by atoms with Crippen LogP contribution in [0.5, 0.6) is 0 Å². The Hall–Kier alpha value is -2.43. The third-order valence-electron chi connectivity index (χ3n) is 3.44. The lowest BCUT2D eigenvalue weighted by molar-refractivity contribution is 0.631. The smallest absolute Gasteiger partial charge is 0.177 e. The number of aromatic nitrogens is 4. The molecule has 0 radical (unpaired) electrons. The van der Waals surface area contributed by atoms with Crippen molar-refractivity contribution in [2.75, 3.05) is 0 Å². The van der Waals surface area contributed by atoms with E-state index in [2.05, 4.69) is 43.6 Å². The fraction of sp³-hybridized carbons (Fsp3) is 0.312. The molecule has 0 aliphatic carbocycles. The molecule has 2 heterocycles. The molecule has 0 aliphatic heterocycles. The summed E-state index contributed by atoms with van der Waals surface area (Å²) in [6.07, 6.45) is 5.81. The molecule has 0 fully saturated rings. The fourth-order valence-corrected chi connectivity index (χ4v) is 2.27. The Kier molecular flexibility index (Phi) is 4.09. The second-order valence-electron chi connectivity index (χ2n) is 5.02. The van der Waals surface area contributed by atoms with Crippen molar-refractivity contribution < 1.29 is 0 Å². The molecule has 0 saturated heterocycles. The fourth-order valence-electron chi connectivity index (χ4n) is 2.27. The summed E-state index contributed by atoms with van der Waals surface area (Å²) in [6, 6.07) is 10.2. The molecular weight excluding hydrogens is 262 g/mol. The first kappa shape index (κ1) is 13.5. The van der Waals surface area contributed by atoms with Gasteiger partial charge in [-0.25, -0.2) is 9.97 Å². The Bertz CT molecular complexity index is 770. The number of benzene rings is 1. The predicted molar refractivity (Wildman–Crippen MR) is 82.5 cm³/mol. The number of aromatic amines is 1. The number of unbranched alkanes of at least 4 members (excludes halogenated alkanes) is 1. The summed E-state index contributed by atoms with van der Waals surface area (Å²) in [5.41, 5.74) is 3.73. The lowest BCUT2D eigenvalue weighted by Gasteiger charge is -2.05. The maximum Gasteiger partial charge on any atom is 0.177 e. The van der Waals surface area contributed by atoms with Crippen LogP contribution in [0.3, 0.4) is 0 Å². The molecule has 5 nitrogen and oxygen atoms in total. The largest absolute Gasteiger partial charge is 0.340 e. The molecule has 0 bridgehead atoms. The van der Waals surface area contributed by atoms with Gasteiger partial charge in [0.05, 0.1) is 19.2 Å². The highest BCUT2D eigenvalue weighted by Crippen LogP contribution is 2.05. The van der Waals surface area contributed by atoms with E-state index >= 15 is 0 Å². The van der Waals surface area contributed by atoms with E-state index < -0.39 is 0 Å². The molecule has 1 N–H and O–H groups in total. The first-order chi connectivity index (χ1) is 10.4. The van der Waals surface area contributed by atoms with Crippen LogP contribution in [-0.2, 0) is 13.1 Å². The number of nitrogens with zero attached hydrogens (tertiary/aromatic N) is 4. The standard InChI is InChI=1S/C16H19N5/c1-2-3-9-21-12-20-15(14-16(21)19-11-18-14)17-10-13-7-5-4-6-8-13/h4-8,11-12H,2-3,9-10H2,1H3,(H,18,19). The Morgan fingerprint density at radius 2 is 2.05 bits per heavy atom. The van der Waals surface area contributed by atoms with Crippen LogP contribution < -0.4 is 5.49 Å². The molecule has 3 rings (SSSR count). The van der Waals surface area contributed by atoms with Crippen molar-refractivity contribution in [2.45, 2.75) is 32.9 Å². The maximum atomic E-state index is 4.60. The first-order valence-corrected chi connectivity index (χ1v) is 7.31. The monoisotopic (exact) mass is 281 g/mol. The second kappa shape index (κ2) is 6.35. The number of nitrogens with one attached hydrogen (secondary N) is 1. The average Bonchev–Trinajstić information content (AvgIpc) is 3.02. The number of rotatable bonds is 5. The highest BCUT2D eigenvalue weighted by Gasteiger charge is 2.04. The number of hydrogen-bond donors (Lipinski definition) is 1. The molecule has 0 spiro atoms. The van der Waals surface area contributed by atoms with Crippen molar-refractivity contribution in [3.63, 3.8) is 0 Å². The molecule has 0 saturated carbocycles. The van der Waals surface area contributed by atoms with Crippen molar-refractivity contribution in [1.29, 1.82) is 0 Å². The molecule has 5 heteroatoms. The van der Waals surface area contributed by atoms with Gasteiger partial charge in [0.2, 0.25) is 0 Å². The van der Waals surface area contributed by atoms with E-state index in [1.54, 1.807) is 6.33 Å². The van der Waals surface area contributed by atoms with E-state index in [0.717, 1.165) is 36.0 Å². The van der Waals surface area contributed by atoms with Gasteiger partial charge in [-0.05, 0) is 12.0 Å². The van der Waals surface area contributed by atoms with Gasteiger partial charge in [0.25, 0.3) is 0 Å². The predicted octanol–water partition coefficient (Wildman–Crippen LogP) is 2.66. The lowest BCUT2D eigenvalue weighted by atomic mass is 10.2. The van der Waals surface area contributed by atoms with E-state index in [1.165, 1.54) is 5.56 Å².